The van der Waals surface area contributed by atoms with E-state index < -0.39 is 0 Å². The lowest BCUT2D eigenvalue weighted by Crippen LogP contribution is -2.48. The number of aromatic nitrogens is 2. The molecule has 0 atom stereocenters. The second-order valence-electron chi connectivity index (χ2n) is 9.85. The van der Waals surface area contributed by atoms with Crippen LogP contribution in [0, 0.1) is 30.1 Å². The van der Waals surface area contributed by atoms with Crippen LogP contribution in [-0.4, -0.2) is 29.0 Å². The molecular formula is C22H32N4O. The van der Waals surface area contributed by atoms with Gasteiger partial charge in [-0.15, -0.1) is 0 Å². The molecule has 1 aromatic rings. The molecule has 4 aliphatic carbocycles. The summed E-state index contributed by atoms with van der Waals surface area (Å²) in [7, 11) is 0. The normalized spacial score (nSPS) is 34.3. The van der Waals surface area contributed by atoms with Gasteiger partial charge in [-0.25, -0.2) is 9.97 Å². The first kappa shape index (κ1) is 17.4. The summed E-state index contributed by atoms with van der Waals surface area (Å²) < 4.78 is 0. The quantitative estimate of drug-likeness (QED) is 0.863. The molecular weight excluding hydrogens is 336 g/mol. The number of nitrogens with zero attached hydrogens (tertiary/aromatic N) is 3. The number of anilines is 1. The van der Waals surface area contributed by atoms with Gasteiger partial charge in [0.05, 0.1) is 6.54 Å². The van der Waals surface area contributed by atoms with Crippen LogP contribution >= 0.6 is 0 Å². The fraction of sp³-hybridized carbons (Fsp3) is 0.773. The van der Waals surface area contributed by atoms with Crippen LogP contribution in [0.4, 0.5) is 5.82 Å². The van der Waals surface area contributed by atoms with Crippen molar-refractivity contribution in [3.05, 3.63) is 17.6 Å². The molecule has 1 saturated heterocycles. The largest absolute Gasteiger partial charge is 0.357 e. The number of hydrogen-bond acceptors (Lipinski definition) is 4. The summed E-state index contributed by atoms with van der Waals surface area (Å²) >= 11 is 0. The molecule has 2 heterocycles. The fourth-order valence-electron chi connectivity index (χ4n) is 6.89. The molecule has 5 aliphatic rings. The Bertz CT molecular complexity index is 690. The van der Waals surface area contributed by atoms with E-state index in [1.54, 1.807) is 0 Å². The van der Waals surface area contributed by atoms with E-state index in [4.69, 9.17) is 4.98 Å². The Morgan fingerprint density at radius 2 is 1.74 bits per heavy atom. The van der Waals surface area contributed by atoms with Gasteiger partial charge >= 0.3 is 0 Å². The Balaban J connectivity index is 1.21. The van der Waals surface area contributed by atoms with E-state index in [-0.39, 0.29) is 5.91 Å². The van der Waals surface area contributed by atoms with Gasteiger partial charge in [0, 0.05) is 31.3 Å². The number of amides is 1. The van der Waals surface area contributed by atoms with Crippen molar-refractivity contribution in [1.29, 1.82) is 0 Å². The number of aryl methyl sites for hydroxylation is 1. The topological polar surface area (TPSA) is 58.1 Å². The minimum absolute atomic E-state index is 0.199. The predicted molar refractivity (Wildman–Crippen MR) is 105 cm³/mol. The summed E-state index contributed by atoms with van der Waals surface area (Å²) in [6.07, 6.45) is 11.3. The summed E-state index contributed by atoms with van der Waals surface area (Å²) in [6.45, 7) is 4.62. The Kier molecular flexibility index (Phi) is 4.36. The molecule has 27 heavy (non-hydrogen) atoms. The highest BCUT2D eigenvalue weighted by atomic mass is 16.1. The SMILES string of the molecule is Cc1cc(N2CCCC2)nc(CNC(=O)CC23CC4CC(CC(C4)C2)C3)n1. The van der Waals surface area contributed by atoms with Gasteiger partial charge in [-0.05, 0) is 81.5 Å². The lowest BCUT2D eigenvalue weighted by Gasteiger charge is -2.56. The van der Waals surface area contributed by atoms with E-state index in [2.05, 4.69) is 21.3 Å². The maximum atomic E-state index is 12.7. The first-order chi connectivity index (χ1) is 13.1. The number of hydrogen-bond donors (Lipinski definition) is 1. The molecule has 6 rings (SSSR count). The second kappa shape index (κ2) is 6.75. The number of carbonyl (C=O) groups is 1. The van der Waals surface area contributed by atoms with Gasteiger partial charge in [-0.2, -0.15) is 0 Å². The first-order valence-electron chi connectivity index (χ1n) is 10.9. The van der Waals surface area contributed by atoms with Crippen LogP contribution < -0.4 is 10.2 Å². The molecule has 0 radical (unpaired) electrons. The molecule has 0 unspecified atom stereocenters. The van der Waals surface area contributed by atoms with Crippen molar-refractivity contribution in [2.45, 2.75) is 71.3 Å². The summed E-state index contributed by atoms with van der Waals surface area (Å²) in [4.78, 5) is 24.3. The first-order valence-corrected chi connectivity index (χ1v) is 10.9. The van der Waals surface area contributed by atoms with Gasteiger partial charge in [0.2, 0.25) is 5.91 Å². The Hall–Kier alpha value is -1.65. The van der Waals surface area contributed by atoms with E-state index >= 15 is 0 Å². The highest BCUT2D eigenvalue weighted by Gasteiger charge is 2.51. The van der Waals surface area contributed by atoms with E-state index in [9.17, 15) is 4.79 Å². The third kappa shape index (κ3) is 3.57. The molecule has 5 fully saturated rings. The van der Waals surface area contributed by atoms with Gasteiger partial charge in [0.25, 0.3) is 0 Å². The zero-order valence-electron chi connectivity index (χ0n) is 16.5. The van der Waals surface area contributed by atoms with Crippen molar-refractivity contribution in [3.8, 4) is 0 Å². The second-order valence-corrected chi connectivity index (χ2v) is 9.85. The van der Waals surface area contributed by atoms with Gasteiger partial charge in [0.15, 0.2) is 0 Å². The lowest BCUT2D eigenvalue weighted by atomic mass is 9.49. The number of nitrogens with one attached hydrogen (secondary N) is 1. The average molecular weight is 369 g/mol. The Labute approximate surface area is 162 Å². The van der Waals surface area contributed by atoms with Crippen LogP contribution in [0.1, 0.15) is 69.3 Å². The van der Waals surface area contributed by atoms with Gasteiger partial charge < -0.3 is 10.2 Å². The molecule has 0 aromatic carbocycles. The van der Waals surface area contributed by atoms with Crippen LogP contribution in [0.5, 0.6) is 0 Å². The molecule has 4 bridgehead atoms. The van der Waals surface area contributed by atoms with E-state index in [1.165, 1.54) is 51.4 Å². The van der Waals surface area contributed by atoms with Crippen molar-refractivity contribution in [1.82, 2.24) is 15.3 Å². The number of rotatable bonds is 5. The third-order valence-corrected chi connectivity index (χ3v) is 7.46. The molecule has 1 aliphatic heterocycles. The zero-order chi connectivity index (χ0) is 18.4. The molecule has 5 nitrogen and oxygen atoms in total. The summed E-state index contributed by atoms with van der Waals surface area (Å²) in [5, 5.41) is 3.14. The van der Waals surface area contributed by atoms with Gasteiger partial charge in [-0.3, -0.25) is 4.79 Å². The van der Waals surface area contributed by atoms with Gasteiger partial charge in [0.1, 0.15) is 11.6 Å². The molecule has 0 spiro atoms. The molecule has 1 aromatic heterocycles. The van der Waals surface area contributed by atoms with Crippen LogP contribution in [-0.2, 0) is 11.3 Å². The standard InChI is InChI=1S/C22H32N4O/c1-15-6-20(26-4-2-3-5-26)25-19(24-15)14-23-21(27)13-22-10-16-7-17(11-22)9-18(8-16)12-22/h6,16-18H,2-5,7-14H2,1H3,(H,23,27). The average Bonchev–Trinajstić information content (AvgIpc) is 3.12. The van der Waals surface area contributed by atoms with E-state index in [0.717, 1.165) is 48.2 Å². The molecule has 5 heteroatoms. The van der Waals surface area contributed by atoms with Crippen molar-refractivity contribution in [3.63, 3.8) is 0 Å². The van der Waals surface area contributed by atoms with E-state index in [1.807, 2.05) is 6.92 Å². The maximum absolute atomic E-state index is 12.7. The highest BCUT2D eigenvalue weighted by molar-refractivity contribution is 5.76. The fourth-order valence-corrected chi connectivity index (χ4v) is 6.89. The molecule has 4 saturated carbocycles. The smallest absolute Gasteiger partial charge is 0.220 e. The van der Waals surface area contributed by atoms with Crippen LogP contribution in [0.2, 0.25) is 0 Å². The van der Waals surface area contributed by atoms with Crippen molar-refractivity contribution in [2.24, 2.45) is 23.2 Å². The Morgan fingerprint density at radius 1 is 1.11 bits per heavy atom. The minimum atomic E-state index is 0.199. The lowest BCUT2D eigenvalue weighted by molar-refractivity contribution is -0.129. The van der Waals surface area contributed by atoms with Crippen molar-refractivity contribution in [2.75, 3.05) is 18.0 Å². The summed E-state index contributed by atoms with van der Waals surface area (Å²) in [6, 6.07) is 2.06. The van der Waals surface area contributed by atoms with Crippen LogP contribution in [0.3, 0.4) is 0 Å². The molecule has 146 valence electrons. The monoisotopic (exact) mass is 368 g/mol. The number of carbonyl (C=O) groups excluding carboxylic acids is 1. The van der Waals surface area contributed by atoms with Crippen molar-refractivity contribution < 1.29 is 4.79 Å². The third-order valence-electron chi connectivity index (χ3n) is 7.46. The van der Waals surface area contributed by atoms with Crippen LogP contribution in [0.25, 0.3) is 0 Å². The van der Waals surface area contributed by atoms with Crippen molar-refractivity contribution >= 4 is 11.7 Å². The summed E-state index contributed by atoms with van der Waals surface area (Å²) in [5.41, 5.74) is 1.28. The van der Waals surface area contributed by atoms with Gasteiger partial charge in [-0.1, -0.05) is 0 Å². The maximum Gasteiger partial charge on any atom is 0.220 e. The highest BCUT2D eigenvalue weighted by Crippen LogP contribution is 2.61. The Morgan fingerprint density at radius 3 is 2.37 bits per heavy atom. The van der Waals surface area contributed by atoms with E-state index in [0.29, 0.717) is 18.4 Å². The molecule has 1 amide bonds. The molecule has 1 N–H and O–H groups in total. The van der Waals surface area contributed by atoms with Crippen LogP contribution in [0.15, 0.2) is 6.07 Å². The minimum Gasteiger partial charge on any atom is -0.357 e. The predicted octanol–water partition coefficient (Wildman–Crippen LogP) is 3.61. The zero-order valence-corrected chi connectivity index (χ0v) is 16.5. The summed E-state index contributed by atoms with van der Waals surface area (Å²) in [5.74, 6) is 4.65.